The van der Waals surface area contributed by atoms with E-state index in [1.807, 2.05) is 0 Å². The zero-order chi connectivity index (χ0) is 26.1. The Morgan fingerprint density at radius 2 is 1.64 bits per heavy atom. The number of benzene rings is 1. The van der Waals surface area contributed by atoms with Gasteiger partial charge in [-0.25, -0.2) is 4.79 Å². The van der Waals surface area contributed by atoms with Crippen molar-refractivity contribution in [2.45, 2.75) is 57.4 Å². The molecule has 0 radical (unpaired) electrons. The second-order valence-electron chi connectivity index (χ2n) is 8.62. The molecule has 2 aliphatic rings. The number of carbonyl (C=O) groups is 6. The number of ether oxygens (including phenoxy) is 1. The summed E-state index contributed by atoms with van der Waals surface area (Å²) in [7, 11) is 0. The van der Waals surface area contributed by atoms with Crippen LogP contribution >= 0.6 is 0 Å². The minimum atomic E-state index is -1.08. The van der Waals surface area contributed by atoms with E-state index < -0.39 is 35.8 Å². The number of unbranched alkanes of at least 4 members (excludes halogenated alkanes) is 5. The molecular formula is C24H30N4O8. The van der Waals surface area contributed by atoms with Gasteiger partial charge in [-0.3, -0.25) is 34.2 Å². The SMILES string of the molecule is O=C(O)NCCCCCCCCNC(=O)COc1cccc2c1C(=O)N(C1CCC(=O)NC1=O)C2=O. The number of rotatable bonds is 13. The van der Waals surface area contributed by atoms with Gasteiger partial charge < -0.3 is 20.5 Å². The molecule has 1 atom stereocenters. The minimum Gasteiger partial charge on any atom is -0.483 e. The smallest absolute Gasteiger partial charge is 0.404 e. The summed E-state index contributed by atoms with van der Waals surface area (Å²) in [5.74, 6) is -2.78. The van der Waals surface area contributed by atoms with Crippen LogP contribution in [-0.2, 0) is 14.4 Å². The quantitative estimate of drug-likeness (QED) is 0.230. The fourth-order valence-electron chi connectivity index (χ4n) is 4.18. The van der Waals surface area contributed by atoms with Crippen LogP contribution in [0.4, 0.5) is 4.79 Å². The normalized spacial score (nSPS) is 17.0. The van der Waals surface area contributed by atoms with Gasteiger partial charge in [-0.2, -0.15) is 0 Å². The number of carbonyl (C=O) groups excluding carboxylic acids is 5. The van der Waals surface area contributed by atoms with E-state index in [0.29, 0.717) is 13.1 Å². The van der Waals surface area contributed by atoms with Crippen molar-refractivity contribution in [1.82, 2.24) is 20.9 Å². The van der Waals surface area contributed by atoms with E-state index in [9.17, 15) is 28.8 Å². The first-order valence-corrected chi connectivity index (χ1v) is 12.0. The van der Waals surface area contributed by atoms with E-state index in [-0.39, 0.29) is 42.2 Å². The topological polar surface area (TPSA) is 171 Å². The van der Waals surface area contributed by atoms with Crippen molar-refractivity contribution in [1.29, 1.82) is 0 Å². The molecule has 3 rings (SSSR count). The first-order chi connectivity index (χ1) is 17.3. The van der Waals surface area contributed by atoms with Crippen LogP contribution in [0.5, 0.6) is 5.75 Å². The molecule has 12 heteroatoms. The molecule has 0 aliphatic carbocycles. The first kappa shape index (κ1) is 26.6. The summed E-state index contributed by atoms with van der Waals surface area (Å²) >= 11 is 0. The van der Waals surface area contributed by atoms with Crippen molar-refractivity contribution in [3.05, 3.63) is 29.3 Å². The minimum absolute atomic E-state index is 0.00134. The van der Waals surface area contributed by atoms with Crippen molar-refractivity contribution >= 4 is 35.6 Å². The fraction of sp³-hybridized carbons (Fsp3) is 0.500. The molecule has 0 saturated carbocycles. The summed E-state index contributed by atoms with van der Waals surface area (Å²) in [4.78, 5) is 72.8. The molecule has 2 heterocycles. The Morgan fingerprint density at radius 1 is 0.972 bits per heavy atom. The highest BCUT2D eigenvalue weighted by Crippen LogP contribution is 2.33. The summed E-state index contributed by atoms with van der Waals surface area (Å²) in [6.45, 7) is 0.577. The largest absolute Gasteiger partial charge is 0.483 e. The molecule has 2 aliphatic heterocycles. The molecule has 12 nitrogen and oxygen atoms in total. The summed E-state index contributed by atoms with van der Waals surface area (Å²) in [6.07, 6.45) is 4.47. The van der Waals surface area contributed by atoms with Gasteiger partial charge >= 0.3 is 6.09 Å². The van der Waals surface area contributed by atoms with E-state index in [1.165, 1.54) is 18.2 Å². The van der Waals surface area contributed by atoms with Crippen molar-refractivity contribution in [2.24, 2.45) is 0 Å². The number of hydrogen-bond acceptors (Lipinski definition) is 7. The number of hydrogen-bond donors (Lipinski definition) is 4. The van der Waals surface area contributed by atoms with E-state index in [4.69, 9.17) is 9.84 Å². The van der Waals surface area contributed by atoms with Crippen molar-refractivity contribution in [3.63, 3.8) is 0 Å². The molecule has 6 amide bonds. The third kappa shape index (κ3) is 6.80. The van der Waals surface area contributed by atoms with Crippen LogP contribution in [0.15, 0.2) is 18.2 Å². The number of carboxylic acid groups (broad SMARTS) is 1. The number of amides is 6. The fourth-order valence-corrected chi connectivity index (χ4v) is 4.18. The van der Waals surface area contributed by atoms with Crippen LogP contribution in [0.1, 0.15) is 72.1 Å². The Bertz CT molecular complexity index is 1040. The van der Waals surface area contributed by atoms with E-state index in [1.54, 1.807) is 0 Å². The molecule has 0 bridgehead atoms. The van der Waals surface area contributed by atoms with Crippen LogP contribution in [0.2, 0.25) is 0 Å². The maximum absolute atomic E-state index is 13.0. The number of fused-ring (bicyclic) bond motifs is 1. The zero-order valence-electron chi connectivity index (χ0n) is 19.8. The molecule has 1 fully saturated rings. The van der Waals surface area contributed by atoms with Gasteiger partial charge in [-0.05, 0) is 31.4 Å². The summed E-state index contributed by atoms with van der Waals surface area (Å²) in [5, 5.41) is 15.7. The van der Waals surface area contributed by atoms with Crippen LogP contribution < -0.4 is 20.7 Å². The second-order valence-corrected chi connectivity index (χ2v) is 8.62. The molecule has 0 aromatic heterocycles. The average Bonchev–Trinajstić information content (AvgIpc) is 3.09. The van der Waals surface area contributed by atoms with E-state index in [0.717, 1.165) is 43.4 Å². The Kier molecular flexibility index (Phi) is 9.37. The molecular weight excluding hydrogens is 472 g/mol. The van der Waals surface area contributed by atoms with Crippen molar-refractivity contribution in [2.75, 3.05) is 19.7 Å². The molecule has 1 aromatic carbocycles. The van der Waals surface area contributed by atoms with Gasteiger partial charge in [0.1, 0.15) is 11.8 Å². The molecule has 194 valence electrons. The number of nitrogens with one attached hydrogen (secondary N) is 3. The van der Waals surface area contributed by atoms with Gasteiger partial charge in [0.2, 0.25) is 11.8 Å². The Balaban J connectivity index is 1.41. The highest BCUT2D eigenvalue weighted by molar-refractivity contribution is 6.24. The monoisotopic (exact) mass is 502 g/mol. The van der Waals surface area contributed by atoms with Gasteiger partial charge in [-0.1, -0.05) is 31.7 Å². The molecule has 1 unspecified atom stereocenters. The lowest BCUT2D eigenvalue weighted by atomic mass is 10.0. The Morgan fingerprint density at radius 3 is 2.31 bits per heavy atom. The van der Waals surface area contributed by atoms with Crippen LogP contribution in [-0.4, -0.2) is 71.4 Å². The Hall–Kier alpha value is -3.96. The predicted molar refractivity (Wildman–Crippen MR) is 125 cm³/mol. The first-order valence-electron chi connectivity index (χ1n) is 12.0. The van der Waals surface area contributed by atoms with Gasteiger partial charge in [0.25, 0.3) is 17.7 Å². The third-order valence-electron chi connectivity index (χ3n) is 5.99. The Labute approximate surface area is 207 Å². The van der Waals surface area contributed by atoms with Crippen LogP contribution in [0.3, 0.4) is 0 Å². The lowest BCUT2D eigenvalue weighted by molar-refractivity contribution is -0.136. The maximum Gasteiger partial charge on any atom is 0.404 e. The average molecular weight is 503 g/mol. The molecule has 1 aromatic rings. The lowest BCUT2D eigenvalue weighted by Crippen LogP contribution is -2.54. The number of piperidine rings is 1. The van der Waals surface area contributed by atoms with Gasteiger partial charge in [-0.15, -0.1) is 0 Å². The van der Waals surface area contributed by atoms with E-state index in [2.05, 4.69) is 16.0 Å². The van der Waals surface area contributed by atoms with Gasteiger partial charge in [0.05, 0.1) is 11.1 Å². The molecule has 36 heavy (non-hydrogen) atoms. The van der Waals surface area contributed by atoms with Crippen molar-refractivity contribution in [3.8, 4) is 5.75 Å². The third-order valence-corrected chi connectivity index (χ3v) is 5.99. The predicted octanol–water partition coefficient (Wildman–Crippen LogP) is 1.19. The van der Waals surface area contributed by atoms with Gasteiger partial charge in [0, 0.05) is 19.5 Å². The zero-order valence-corrected chi connectivity index (χ0v) is 19.8. The number of imide groups is 2. The summed E-state index contributed by atoms with van der Waals surface area (Å²) in [5.41, 5.74) is 0.0832. The van der Waals surface area contributed by atoms with E-state index >= 15 is 0 Å². The summed E-state index contributed by atoms with van der Waals surface area (Å²) in [6, 6.07) is 3.39. The molecule has 1 saturated heterocycles. The maximum atomic E-state index is 13.0. The highest BCUT2D eigenvalue weighted by Gasteiger charge is 2.46. The second kappa shape index (κ2) is 12.7. The van der Waals surface area contributed by atoms with Crippen LogP contribution in [0, 0.1) is 0 Å². The molecule has 4 N–H and O–H groups in total. The van der Waals surface area contributed by atoms with Crippen LogP contribution in [0.25, 0.3) is 0 Å². The standard InChI is InChI=1S/C24H30N4O8/c29-18-11-10-16(21(31)27-18)28-22(32)15-8-7-9-17(20(15)23(28)33)36-14-19(30)25-12-5-3-1-2-4-6-13-26-24(34)35/h7-9,16,26H,1-6,10-14H2,(H,25,30)(H,34,35)(H,27,29,31). The lowest BCUT2D eigenvalue weighted by Gasteiger charge is -2.27. The molecule has 0 spiro atoms. The highest BCUT2D eigenvalue weighted by atomic mass is 16.5. The van der Waals surface area contributed by atoms with Gasteiger partial charge in [0.15, 0.2) is 6.61 Å². The van der Waals surface area contributed by atoms with Crippen molar-refractivity contribution < 1.29 is 38.6 Å². The summed E-state index contributed by atoms with van der Waals surface area (Å²) < 4.78 is 5.54. The number of nitrogens with zero attached hydrogens (tertiary/aromatic N) is 1.